The van der Waals surface area contributed by atoms with E-state index in [9.17, 15) is 8.42 Å². The lowest BCUT2D eigenvalue weighted by Gasteiger charge is -2.14. The molecule has 0 amide bonds. The SMILES string of the molecule is COc1cc(N)ccc1S(=O)(=O)Nc1cc(C)ccc1C. The zero-order valence-corrected chi connectivity index (χ0v) is 13.0. The number of hydrogen-bond donors (Lipinski definition) is 2. The molecule has 21 heavy (non-hydrogen) atoms. The normalized spacial score (nSPS) is 11.2. The Morgan fingerprint density at radius 2 is 1.81 bits per heavy atom. The van der Waals surface area contributed by atoms with E-state index in [1.165, 1.54) is 25.3 Å². The van der Waals surface area contributed by atoms with E-state index in [0.717, 1.165) is 11.1 Å². The molecular weight excluding hydrogens is 288 g/mol. The first kappa shape index (κ1) is 15.2. The summed E-state index contributed by atoms with van der Waals surface area (Å²) < 4.78 is 32.7. The van der Waals surface area contributed by atoms with Crippen LogP contribution in [0.5, 0.6) is 5.75 Å². The summed E-state index contributed by atoms with van der Waals surface area (Å²) in [6.45, 7) is 3.75. The molecule has 0 aliphatic rings. The van der Waals surface area contributed by atoms with E-state index >= 15 is 0 Å². The highest BCUT2D eigenvalue weighted by Gasteiger charge is 2.20. The summed E-state index contributed by atoms with van der Waals surface area (Å²) in [7, 11) is -2.33. The van der Waals surface area contributed by atoms with Crippen molar-refractivity contribution in [2.75, 3.05) is 17.6 Å². The van der Waals surface area contributed by atoms with E-state index in [0.29, 0.717) is 11.4 Å². The number of sulfonamides is 1. The Labute approximate surface area is 124 Å². The molecule has 2 aromatic rings. The third-order valence-corrected chi connectivity index (χ3v) is 4.52. The van der Waals surface area contributed by atoms with E-state index in [1.54, 1.807) is 6.07 Å². The lowest BCUT2D eigenvalue weighted by atomic mass is 10.1. The highest BCUT2D eigenvalue weighted by atomic mass is 32.2. The van der Waals surface area contributed by atoms with Crippen LogP contribution in [-0.2, 0) is 10.0 Å². The predicted molar refractivity (Wildman–Crippen MR) is 84.1 cm³/mol. The smallest absolute Gasteiger partial charge is 0.265 e. The average molecular weight is 306 g/mol. The van der Waals surface area contributed by atoms with Gasteiger partial charge in [0.15, 0.2) is 0 Å². The predicted octanol–water partition coefficient (Wildman–Crippen LogP) is 2.70. The fourth-order valence-corrected chi connectivity index (χ4v) is 3.23. The van der Waals surface area contributed by atoms with Gasteiger partial charge in [0.2, 0.25) is 0 Å². The van der Waals surface area contributed by atoms with Gasteiger partial charge in [0.1, 0.15) is 10.6 Å². The van der Waals surface area contributed by atoms with Crippen LogP contribution in [0.15, 0.2) is 41.3 Å². The molecule has 0 aliphatic carbocycles. The van der Waals surface area contributed by atoms with Gasteiger partial charge in [-0.3, -0.25) is 4.72 Å². The maximum Gasteiger partial charge on any atom is 0.265 e. The number of aryl methyl sites for hydroxylation is 2. The molecule has 2 aromatic carbocycles. The zero-order valence-electron chi connectivity index (χ0n) is 12.2. The summed E-state index contributed by atoms with van der Waals surface area (Å²) in [4.78, 5) is 0.0557. The summed E-state index contributed by atoms with van der Waals surface area (Å²) in [5, 5.41) is 0. The molecule has 0 radical (unpaired) electrons. The molecule has 0 aliphatic heterocycles. The van der Waals surface area contributed by atoms with Crippen LogP contribution in [0.3, 0.4) is 0 Å². The van der Waals surface area contributed by atoms with Gasteiger partial charge in [0, 0.05) is 11.8 Å². The number of anilines is 2. The molecule has 0 bridgehead atoms. The first-order valence-corrected chi connectivity index (χ1v) is 7.85. The van der Waals surface area contributed by atoms with Gasteiger partial charge in [0.05, 0.1) is 12.8 Å². The number of nitrogens with one attached hydrogen (secondary N) is 1. The largest absolute Gasteiger partial charge is 0.495 e. The molecule has 0 atom stereocenters. The van der Waals surface area contributed by atoms with E-state index in [2.05, 4.69) is 4.72 Å². The van der Waals surface area contributed by atoms with Crippen molar-refractivity contribution in [1.82, 2.24) is 0 Å². The molecule has 0 saturated heterocycles. The first-order valence-electron chi connectivity index (χ1n) is 6.37. The maximum absolute atomic E-state index is 12.5. The van der Waals surface area contributed by atoms with Gasteiger partial charge in [-0.05, 0) is 43.2 Å². The Morgan fingerprint density at radius 1 is 1.10 bits per heavy atom. The first-order chi connectivity index (χ1) is 9.83. The lowest BCUT2D eigenvalue weighted by molar-refractivity contribution is 0.403. The summed E-state index contributed by atoms with van der Waals surface area (Å²) >= 11 is 0. The monoisotopic (exact) mass is 306 g/mol. The van der Waals surface area contributed by atoms with Crippen LogP contribution in [-0.4, -0.2) is 15.5 Å². The fourth-order valence-electron chi connectivity index (χ4n) is 1.95. The quantitative estimate of drug-likeness (QED) is 0.851. The third-order valence-electron chi connectivity index (χ3n) is 3.11. The number of rotatable bonds is 4. The van der Waals surface area contributed by atoms with Crippen LogP contribution >= 0.6 is 0 Å². The van der Waals surface area contributed by atoms with Gasteiger partial charge in [-0.1, -0.05) is 12.1 Å². The molecule has 3 N–H and O–H groups in total. The fraction of sp³-hybridized carbons (Fsp3) is 0.200. The maximum atomic E-state index is 12.5. The van der Waals surface area contributed by atoms with Crippen LogP contribution in [0.1, 0.15) is 11.1 Å². The minimum absolute atomic E-state index is 0.0557. The number of hydrogen-bond acceptors (Lipinski definition) is 4. The second kappa shape index (κ2) is 5.65. The van der Waals surface area contributed by atoms with Gasteiger partial charge >= 0.3 is 0 Å². The van der Waals surface area contributed by atoms with Crippen LogP contribution < -0.4 is 15.2 Å². The van der Waals surface area contributed by atoms with Gasteiger partial charge in [0.25, 0.3) is 10.0 Å². The van der Waals surface area contributed by atoms with Crippen molar-refractivity contribution in [3.8, 4) is 5.75 Å². The molecule has 0 heterocycles. The van der Waals surface area contributed by atoms with E-state index in [-0.39, 0.29) is 10.6 Å². The number of ether oxygens (including phenoxy) is 1. The summed E-state index contributed by atoms with van der Waals surface area (Å²) in [5.74, 6) is 0.216. The summed E-state index contributed by atoms with van der Waals surface area (Å²) in [6.07, 6.45) is 0. The molecule has 5 nitrogen and oxygen atoms in total. The van der Waals surface area contributed by atoms with Gasteiger partial charge in [-0.15, -0.1) is 0 Å². The Balaban J connectivity index is 2.46. The molecule has 112 valence electrons. The van der Waals surface area contributed by atoms with Crippen molar-refractivity contribution in [2.45, 2.75) is 18.7 Å². The van der Waals surface area contributed by atoms with Crippen molar-refractivity contribution >= 4 is 21.4 Å². The second-order valence-corrected chi connectivity index (χ2v) is 6.48. The van der Waals surface area contributed by atoms with Crippen molar-refractivity contribution < 1.29 is 13.2 Å². The van der Waals surface area contributed by atoms with Crippen LogP contribution in [0, 0.1) is 13.8 Å². The molecule has 0 unspecified atom stereocenters. The highest BCUT2D eigenvalue weighted by molar-refractivity contribution is 7.92. The van der Waals surface area contributed by atoms with Gasteiger partial charge < -0.3 is 10.5 Å². The Kier molecular flexibility index (Phi) is 4.09. The topological polar surface area (TPSA) is 81.4 Å². The van der Waals surface area contributed by atoms with Crippen LogP contribution in [0.4, 0.5) is 11.4 Å². The standard InChI is InChI=1S/C15H18N2O3S/c1-10-4-5-11(2)13(8-10)17-21(18,19)15-7-6-12(16)9-14(15)20-3/h4-9,17H,16H2,1-3H3. The average Bonchev–Trinajstić information content (AvgIpc) is 2.42. The van der Waals surface area contributed by atoms with Crippen molar-refractivity contribution in [3.05, 3.63) is 47.5 Å². The number of nitrogen functional groups attached to an aromatic ring is 1. The highest BCUT2D eigenvalue weighted by Crippen LogP contribution is 2.28. The van der Waals surface area contributed by atoms with Gasteiger partial charge in [-0.25, -0.2) is 8.42 Å². The Hall–Kier alpha value is -2.21. The van der Waals surface area contributed by atoms with E-state index in [4.69, 9.17) is 10.5 Å². The van der Waals surface area contributed by atoms with Gasteiger partial charge in [-0.2, -0.15) is 0 Å². The summed E-state index contributed by atoms with van der Waals surface area (Å²) in [6, 6.07) is 10.0. The Morgan fingerprint density at radius 3 is 2.48 bits per heavy atom. The van der Waals surface area contributed by atoms with E-state index in [1.807, 2.05) is 26.0 Å². The van der Waals surface area contributed by atoms with Crippen LogP contribution in [0.2, 0.25) is 0 Å². The Bertz CT molecular complexity index is 770. The number of benzene rings is 2. The van der Waals surface area contributed by atoms with Crippen molar-refractivity contribution in [3.63, 3.8) is 0 Å². The molecular formula is C15H18N2O3S. The summed E-state index contributed by atoms with van der Waals surface area (Å²) in [5.41, 5.74) is 8.46. The van der Waals surface area contributed by atoms with Crippen LogP contribution in [0.25, 0.3) is 0 Å². The molecule has 2 rings (SSSR count). The molecule has 0 saturated carbocycles. The molecule has 0 aromatic heterocycles. The number of nitrogens with two attached hydrogens (primary N) is 1. The molecule has 6 heteroatoms. The minimum atomic E-state index is -3.74. The number of methoxy groups -OCH3 is 1. The minimum Gasteiger partial charge on any atom is -0.495 e. The molecule has 0 spiro atoms. The van der Waals surface area contributed by atoms with Crippen molar-refractivity contribution in [2.24, 2.45) is 0 Å². The lowest BCUT2D eigenvalue weighted by Crippen LogP contribution is -2.15. The second-order valence-electron chi connectivity index (χ2n) is 4.83. The third kappa shape index (κ3) is 3.28. The zero-order chi connectivity index (χ0) is 15.6. The van der Waals surface area contributed by atoms with Crippen molar-refractivity contribution in [1.29, 1.82) is 0 Å². The van der Waals surface area contributed by atoms with E-state index < -0.39 is 10.0 Å². The molecule has 0 fully saturated rings.